The molecule has 3 aliphatic heterocycles. The second-order valence-electron chi connectivity index (χ2n) is 9.19. The van der Waals surface area contributed by atoms with Gasteiger partial charge in [0.15, 0.2) is 0 Å². The van der Waals surface area contributed by atoms with E-state index in [-0.39, 0.29) is 17.9 Å². The Morgan fingerprint density at radius 2 is 2.13 bits per heavy atom. The molecule has 162 valence electrons. The predicted octanol–water partition coefficient (Wildman–Crippen LogP) is 2.52. The molecule has 0 aliphatic carbocycles. The van der Waals surface area contributed by atoms with Gasteiger partial charge in [-0.1, -0.05) is 38.1 Å². The topological polar surface area (TPSA) is 78.5 Å². The van der Waals surface area contributed by atoms with Crippen LogP contribution in [-0.2, 0) is 20.7 Å². The molecule has 2 amide bonds. The summed E-state index contributed by atoms with van der Waals surface area (Å²) in [6.45, 7) is 5.32. The van der Waals surface area contributed by atoms with Crippen molar-refractivity contribution in [2.24, 2.45) is 11.8 Å². The summed E-state index contributed by atoms with van der Waals surface area (Å²) < 4.78 is 6.27. The van der Waals surface area contributed by atoms with Gasteiger partial charge in [-0.25, -0.2) is 0 Å². The standard InChI is InChI=1S/C24H28N4O3/c1-15(2)17-4-6-18(7-5-17)28-14-24-10-8-19(31-24)20(21(24)23(28)30)22(29)27(3)11-9-16-12-25-26-13-16/h4-8,10,12-13,15,19-21H,9,11,14H2,1-3H3,(H,25,26)/t19-,20+,21+,24-/m0/s1. The molecule has 0 saturated carbocycles. The number of nitrogens with zero attached hydrogens (tertiary/aromatic N) is 3. The van der Waals surface area contributed by atoms with E-state index in [0.717, 1.165) is 11.3 Å². The second kappa shape index (κ2) is 7.34. The number of carbonyl (C=O) groups is 2. The fraction of sp³-hybridized carbons (Fsp3) is 0.458. The minimum atomic E-state index is -0.704. The van der Waals surface area contributed by atoms with E-state index in [9.17, 15) is 9.59 Å². The summed E-state index contributed by atoms with van der Waals surface area (Å²) in [4.78, 5) is 30.4. The Kier molecular flexibility index (Phi) is 4.73. The van der Waals surface area contributed by atoms with Crippen molar-refractivity contribution in [3.8, 4) is 0 Å². The fourth-order valence-corrected chi connectivity index (χ4v) is 5.11. The molecule has 2 saturated heterocycles. The normalized spacial score (nSPS) is 28.6. The average molecular weight is 421 g/mol. The number of amides is 2. The lowest BCUT2D eigenvalue weighted by Crippen LogP contribution is -2.45. The van der Waals surface area contributed by atoms with Gasteiger partial charge >= 0.3 is 0 Å². The van der Waals surface area contributed by atoms with Crippen LogP contribution < -0.4 is 4.90 Å². The van der Waals surface area contributed by atoms with Gasteiger partial charge in [0, 0.05) is 25.5 Å². The summed E-state index contributed by atoms with van der Waals surface area (Å²) >= 11 is 0. The van der Waals surface area contributed by atoms with Crippen molar-refractivity contribution in [3.63, 3.8) is 0 Å². The van der Waals surface area contributed by atoms with Crippen LogP contribution in [0.5, 0.6) is 0 Å². The molecule has 4 heterocycles. The van der Waals surface area contributed by atoms with Crippen molar-refractivity contribution in [1.82, 2.24) is 15.1 Å². The van der Waals surface area contributed by atoms with E-state index in [1.807, 2.05) is 30.5 Å². The largest absolute Gasteiger partial charge is 0.360 e. The molecule has 3 aliphatic rings. The van der Waals surface area contributed by atoms with Crippen LogP contribution >= 0.6 is 0 Å². The first-order valence-corrected chi connectivity index (χ1v) is 10.9. The first kappa shape index (κ1) is 20.0. The summed E-state index contributed by atoms with van der Waals surface area (Å²) in [6, 6.07) is 8.13. The molecule has 0 radical (unpaired) electrons. The maximum Gasteiger partial charge on any atom is 0.234 e. The van der Waals surface area contributed by atoms with Crippen molar-refractivity contribution < 1.29 is 14.3 Å². The molecule has 0 unspecified atom stereocenters. The Morgan fingerprint density at radius 1 is 1.35 bits per heavy atom. The van der Waals surface area contributed by atoms with Gasteiger partial charge < -0.3 is 14.5 Å². The summed E-state index contributed by atoms with van der Waals surface area (Å²) in [6.07, 6.45) is 7.94. The molecule has 2 aromatic rings. The maximum atomic E-state index is 13.5. The van der Waals surface area contributed by atoms with E-state index in [1.165, 1.54) is 5.56 Å². The Balaban J connectivity index is 1.35. The molecule has 1 aromatic heterocycles. The molecule has 2 fully saturated rings. The number of carbonyl (C=O) groups excluding carboxylic acids is 2. The Labute approximate surface area is 182 Å². The molecule has 7 nitrogen and oxygen atoms in total. The average Bonchev–Trinajstić information content (AvgIpc) is 3.54. The number of aromatic amines is 1. The zero-order chi connectivity index (χ0) is 21.8. The van der Waals surface area contributed by atoms with Crippen LogP contribution in [0.25, 0.3) is 0 Å². The first-order chi connectivity index (χ1) is 14.9. The highest BCUT2D eigenvalue weighted by Gasteiger charge is 2.67. The number of anilines is 1. The Morgan fingerprint density at radius 3 is 2.81 bits per heavy atom. The number of rotatable bonds is 6. The number of benzene rings is 1. The Hall–Kier alpha value is -2.93. The van der Waals surface area contributed by atoms with Crippen molar-refractivity contribution in [1.29, 1.82) is 0 Å². The van der Waals surface area contributed by atoms with Gasteiger partial charge in [-0.3, -0.25) is 14.7 Å². The minimum Gasteiger partial charge on any atom is -0.360 e. The van der Waals surface area contributed by atoms with Gasteiger partial charge in [-0.05, 0) is 35.6 Å². The van der Waals surface area contributed by atoms with Gasteiger partial charge in [0.2, 0.25) is 11.8 Å². The summed E-state index contributed by atoms with van der Waals surface area (Å²) in [7, 11) is 1.80. The molecule has 1 spiro atoms. The molecule has 1 N–H and O–H groups in total. The zero-order valence-electron chi connectivity index (χ0n) is 18.1. The summed E-state index contributed by atoms with van der Waals surface area (Å²) in [5, 5.41) is 6.74. The number of aromatic nitrogens is 2. The number of hydrogen-bond acceptors (Lipinski definition) is 4. The van der Waals surface area contributed by atoms with Crippen molar-refractivity contribution in [3.05, 3.63) is 59.9 Å². The molecular weight excluding hydrogens is 392 g/mol. The summed E-state index contributed by atoms with van der Waals surface area (Å²) in [5.74, 6) is -0.577. The van der Waals surface area contributed by atoms with Crippen LogP contribution in [0.4, 0.5) is 5.69 Å². The van der Waals surface area contributed by atoms with E-state index < -0.39 is 17.4 Å². The lowest BCUT2D eigenvalue weighted by atomic mass is 9.76. The van der Waals surface area contributed by atoms with Crippen LogP contribution in [0.1, 0.15) is 30.9 Å². The second-order valence-corrected chi connectivity index (χ2v) is 9.19. The van der Waals surface area contributed by atoms with E-state index >= 15 is 0 Å². The quantitative estimate of drug-likeness (QED) is 0.729. The molecule has 2 bridgehead atoms. The number of ether oxygens (including phenoxy) is 1. The monoisotopic (exact) mass is 420 g/mol. The molecule has 31 heavy (non-hydrogen) atoms. The van der Waals surface area contributed by atoms with Gasteiger partial charge in [0.1, 0.15) is 5.60 Å². The minimum absolute atomic E-state index is 0.0225. The molecule has 7 heteroatoms. The predicted molar refractivity (Wildman–Crippen MR) is 117 cm³/mol. The van der Waals surface area contributed by atoms with Crippen LogP contribution in [0.2, 0.25) is 0 Å². The lowest BCUT2D eigenvalue weighted by molar-refractivity contribution is -0.139. The van der Waals surface area contributed by atoms with Crippen LogP contribution in [0, 0.1) is 11.8 Å². The maximum absolute atomic E-state index is 13.5. The fourth-order valence-electron chi connectivity index (χ4n) is 5.11. The number of H-pyrrole nitrogens is 1. The van der Waals surface area contributed by atoms with E-state index in [2.05, 4.69) is 36.2 Å². The third-order valence-corrected chi connectivity index (χ3v) is 6.92. The van der Waals surface area contributed by atoms with Crippen LogP contribution in [-0.4, -0.2) is 58.8 Å². The molecule has 4 atom stereocenters. The summed E-state index contributed by atoms with van der Waals surface area (Å²) in [5.41, 5.74) is 2.44. The van der Waals surface area contributed by atoms with Gasteiger partial charge in [-0.2, -0.15) is 5.10 Å². The third kappa shape index (κ3) is 3.19. The molecule has 5 rings (SSSR count). The molecular formula is C24H28N4O3. The number of hydrogen-bond donors (Lipinski definition) is 1. The van der Waals surface area contributed by atoms with Gasteiger partial charge in [0.25, 0.3) is 0 Å². The van der Waals surface area contributed by atoms with Crippen LogP contribution in [0.3, 0.4) is 0 Å². The van der Waals surface area contributed by atoms with Crippen molar-refractivity contribution in [2.45, 2.75) is 37.9 Å². The van der Waals surface area contributed by atoms with E-state index in [4.69, 9.17) is 4.74 Å². The van der Waals surface area contributed by atoms with Crippen LogP contribution in [0.15, 0.2) is 48.8 Å². The Bertz CT molecular complexity index is 1010. The highest BCUT2D eigenvalue weighted by atomic mass is 16.5. The van der Waals surface area contributed by atoms with Gasteiger partial charge in [-0.15, -0.1) is 0 Å². The number of fused-ring (bicyclic) bond motifs is 1. The number of nitrogens with one attached hydrogen (secondary N) is 1. The first-order valence-electron chi connectivity index (χ1n) is 10.9. The van der Waals surface area contributed by atoms with Crippen molar-refractivity contribution in [2.75, 3.05) is 25.0 Å². The molecule has 1 aromatic carbocycles. The smallest absolute Gasteiger partial charge is 0.234 e. The highest BCUT2D eigenvalue weighted by molar-refractivity contribution is 6.03. The van der Waals surface area contributed by atoms with E-state index in [0.29, 0.717) is 25.4 Å². The van der Waals surface area contributed by atoms with Gasteiger partial charge in [0.05, 0.1) is 30.7 Å². The SMILES string of the molecule is CC(C)c1ccc(N2C[C@]34C=C[C@H](O3)[C@@H](C(=O)N(C)CCc3cn[nH]c3)[C@@H]4C2=O)cc1. The third-order valence-electron chi connectivity index (χ3n) is 6.92. The lowest BCUT2D eigenvalue weighted by Gasteiger charge is -2.27. The number of likely N-dealkylation sites (N-methyl/N-ethyl adjacent to an activating group) is 1. The zero-order valence-corrected chi connectivity index (χ0v) is 18.1. The van der Waals surface area contributed by atoms with E-state index in [1.54, 1.807) is 23.0 Å². The van der Waals surface area contributed by atoms with Crippen molar-refractivity contribution >= 4 is 17.5 Å². The highest BCUT2D eigenvalue weighted by Crippen LogP contribution is 2.53.